The summed E-state index contributed by atoms with van der Waals surface area (Å²) in [5, 5.41) is 0. The highest BCUT2D eigenvalue weighted by atomic mass is 19.1. The molecule has 134 valence electrons. The van der Waals surface area contributed by atoms with Crippen LogP contribution < -0.4 is 10.3 Å². The van der Waals surface area contributed by atoms with Crippen molar-refractivity contribution in [2.75, 3.05) is 13.7 Å². The number of methoxy groups -OCH3 is 1. The van der Waals surface area contributed by atoms with Gasteiger partial charge in [-0.1, -0.05) is 6.07 Å². The van der Waals surface area contributed by atoms with E-state index in [-0.39, 0.29) is 11.4 Å². The molecule has 3 aromatic rings. The second-order valence-corrected chi connectivity index (χ2v) is 6.20. The van der Waals surface area contributed by atoms with Crippen molar-refractivity contribution < 1.29 is 13.5 Å². The van der Waals surface area contributed by atoms with E-state index in [4.69, 9.17) is 9.15 Å². The number of hydrogen-bond donors (Lipinski definition) is 1. The highest BCUT2D eigenvalue weighted by Gasteiger charge is 2.23. The smallest absolute Gasteiger partial charge is 0.254 e. The fraction of sp³-hybridized carbons (Fsp3) is 0.263. The first-order chi connectivity index (χ1) is 12.7. The van der Waals surface area contributed by atoms with E-state index in [2.05, 4.69) is 14.9 Å². The molecule has 0 spiro atoms. The number of ether oxygens (including phenoxy) is 1. The van der Waals surface area contributed by atoms with Gasteiger partial charge in [0.05, 0.1) is 19.1 Å². The SMILES string of the molecule is COc1cccc(F)c1CN1CCc2c(nc(-c3ccco3)[nH]c2=O)C1. The van der Waals surface area contributed by atoms with E-state index in [1.165, 1.54) is 19.4 Å². The van der Waals surface area contributed by atoms with Crippen molar-refractivity contribution in [1.82, 2.24) is 14.9 Å². The first-order valence-electron chi connectivity index (χ1n) is 8.35. The van der Waals surface area contributed by atoms with Gasteiger partial charge in [0.15, 0.2) is 11.6 Å². The Morgan fingerprint density at radius 2 is 2.23 bits per heavy atom. The second-order valence-electron chi connectivity index (χ2n) is 6.20. The summed E-state index contributed by atoms with van der Waals surface area (Å²) in [7, 11) is 1.53. The van der Waals surface area contributed by atoms with E-state index >= 15 is 0 Å². The number of nitrogens with one attached hydrogen (secondary N) is 1. The Morgan fingerprint density at radius 1 is 1.35 bits per heavy atom. The predicted octanol–water partition coefficient (Wildman–Crippen LogP) is 2.74. The molecule has 1 aromatic carbocycles. The molecule has 2 aromatic heterocycles. The van der Waals surface area contributed by atoms with E-state index < -0.39 is 0 Å². The molecule has 3 heterocycles. The van der Waals surface area contributed by atoms with E-state index in [1.54, 1.807) is 24.3 Å². The normalized spacial score (nSPS) is 14.2. The zero-order chi connectivity index (χ0) is 18.1. The minimum absolute atomic E-state index is 0.149. The van der Waals surface area contributed by atoms with Crippen LogP contribution in [-0.2, 0) is 19.5 Å². The van der Waals surface area contributed by atoms with Crippen molar-refractivity contribution in [2.24, 2.45) is 0 Å². The summed E-state index contributed by atoms with van der Waals surface area (Å²) < 4.78 is 24.8. The zero-order valence-electron chi connectivity index (χ0n) is 14.3. The van der Waals surface area contributed by atoms with Gasteiger partial charge in [0, 0.05) is 30.8 Å². The maximum atomic E-state index is 14.2. The average Bonchev–Trinajstić information content (AvgIpc) is 3.18. The molecule has 0 aliphatic carbocycles. The van der Waals surface area contributed by atoms with Crippen LogP contribution in [0.3, 0.4) is 0 Å². The highest BCUT2D eigenvalue weighted by molar-refractivity contribution is 5.47. The van der Waals surface area contributed by atoms with Crippen molar-refractivity contribution in [3.63, 3.8) is 0 Å². The summed E-state index contributed by atoms with van der Waals surface area (Å²) in [6.45, 7) is 1.50. The van der Waals surface area contributed by atoms with Crippen molar-refractivity contribution >= 4 is 0 Å². The minimum Gasteiger partial charge on any atom is -0.496 e. The molecule has 0 saturated heterocycles. The van der Waals surface area contributed by atoms with E-state index in [0.717, 1.165) is 0 Å². The molecule has 4 rings (SSSR count). The van der Waals surface area contributed by atoms with Crippen molar-refractivity contribution in [3.8, 4) is 17.3 Å². The molecule has 1 N–H and O–H groups in total. The van der Waals surface area contributed by atoms with Gasteiger partial charge in [-0.15, -0.1) is 0 Å². The van der Waals surface area contributed by atoms with Gasteiger partial charge >= 0.3 is 0 Å². The van der Waals surface area contributed by atoms with Crippen LogP contribution >= 0.6 is 0 Å². The van der Waals surface area contributed by atoms with Crippen LogP contribution in [0.15, 0.2) is 45.8 Å². The number of nitrogens with zero attached hydrogens (tertiary/aromatic N) is 2. The number of benzene rings is 1. The van der Waals surface area contributed by atoms with Gasteiger partial charge in [-0.2, -0.15) is 0 Å². The molecule has 1 aliphatic rings. The lowest BCUT2D eigenvalue weighted by atomic mass is 10.0. The number of halogens is 1. The Hall–Kier alpha value is -2.93. The summed E-state index contributed by atoms with van der Waals surface area (Å²) in [4.78, 5) is 21.7. The number of furan rings is 1. The molecular formula is C19H18FN3O3. The van der Waals surface area contributed by atoms with Gasteiger partial charge in [-0.25, -0.2) is 9.37 Å². The largest absolute Gasteiger partial charge is 0.496 e. The molecule has 0 radical (unpaired) electrons. The first kappa shape index (κ1) is 16.5. The Kier molecular flexibility index (Phi) is 4.30. The first-order valence-corrected chi connectivity index (χ1v) is 8.35. The third-order valence-corrected chi connectivity index (χ3v) is 4.58. The van der Waals surface area contributed by atoms with Crippen molar-refractivity contribution in [3.05, 3.63) is 69.6 Å². The molecule has 0 unspecified atom stereocenters. The molecule has 0 fully saturated rings. The standard InChI is InChI=1S/C19H18FN3O3/c1-25-16-5-2-4-14(20)13(16)10-23-8-7-12-15(11-23)21-18(22-19(12)24)17-6-3-9-26-17/h2-6,9H,7-8,10-11H2,1H3,(H,21,22,24). The van der Waals surface area contributed by atoms with Crippen LogP contribution in [0.1, 0.15) is 16.8 Å². The van der Waals surface area contributed by atoms with Gasteiger partial charge in [0.25, 0.3) is 5.56 Å². The van der Waals surface area contributed by atoms with Crippen LogP contribution in [0.25, 0.3) is 11.6 Å². The summed E-state index contributed by atoms with van der Waals surface area (Å²) >= 11 is 0. The molecule has 26 heavy (non-hydrogen) atoms. The third-order valence-electron chi connectivity index (χ3n) is 4.58. The molecule has 0 saturated carbocycles. The van der Waals surface area contributed by atoms with E-state index in [9.17, 15) is 9.18 Å². The Balaban J connectivity index is 1.63. The van der Waals surface area contributed by atoms with Gasteiger partial charge < -0.3 is 14.1 Å². The number of hydrogen-bond acceptors (Lipinski definition) is 5. The van der Waals surface area contributed by atoms with Crippen LogP contribution in [0.2, 0.25) is 0 Å². The highest BCUT2D eigenvalue weighted by Crippen LogP contribution is 2.25. The van der Waals surface area contributed by atoms with Crippen LogP contribution in [0, 0.1) is 5.82 Å². The lowest BCUT2D eigenvalue weighted by Crippen LogP contribution is -2.35. The average molecular weight is 355 g/mol. The third kappa shape index (κ3) is 3.01. The zero-order valence-corrected chi connectivity index (χ0v) is 14.3. The van der Waals surface area contributed by atoms with Crippen molar-refractivity contribution in [1.29, 1.82) is 0 Å². The van der Waals surface area contributed by atoms with E-state index in [0.29, 0.717) is 60.2 Å². The lowest BCUT2D eigenvalue weighted by molar-refractivity contribution is 0.233. The Morgan fingerprint density at radius 3 is 3.00 bits per heavy atom. The van der Waals surface area contributed by atoms with Crippen LogP contribution in [-0.4, -0.2) is 28.5 Å². The van der Waals surface area contributed by atoms with Gasteiger partial charge in [0.2, 0.25) is 0 Å². The number of aromatic nitrogens is 2. The van der Waals surface area contributed by atoms with Crippen LogP contribution in [0.5, 0.6) is 5.75 Å². The number of aromatic amines is 1. The molecule has 0 amide bonds. The molecule has 7 heteroatoms. The van der Waals surface area contributed by atoms with E-state index in [1.807, 2.05) is 0 Å². The summed E-state index contributed by atoms with van der Waals surface area (Å²) in [6.07, 6.45) is 2.10. The topological polar surface area (TPSA) is 71.4 Å². The molecular weight excluding hydrogens is 337 g/mol. The number of H-pyrrole nitrogens is 1. The summed E-state index contributed by atoms with van der Waals surface area (Å²) in [5.74, 6) is 1.14. The maximum Gasteiger partial charge on any atom is 0.254 e. The fourth-order valence-electron chi connectivity index (χ4n) is 3.27. The Bertz CT molecular complexity index is 982. The maximum absolute atomic E-state index is 14.2. The number of fused-ring (bicyclic) bond motifs is 1. The van der Waals surface area contributed by atoms with Crippen molar-refractivity contribution in [2.45, 2.75) is 19.5 Å². The second kappa shape index (κ2) is 6.76. The molecule has 6 nitrogen and oxygen atoms in total. The molecule has 1 aliphatic heterocycles. The van der Waals surface area contributed by atoms with Gasteiger partial charge in [-0.3, -0.25) is 9.69 Å². The quantitative estimate of drug-likeness (QED) is 0.779. The Labute approximate surface area is 149 Å². The fourth-order valence-corrected chi connectivity index (χ4v) is 3.27. The monoisotopic (exact) mass is 355 g/mol. The predicted molar refractivity (Wildman–Crippen MR) is 93.3 cm³/mol. The lowest BCUT2D eigenvalue weighted by Gasteiger charge is -2.28. The summed E-state index contributed by atoms with van der Waals surface area (Å²) in [5.41, 5.74) is 1.73. The summed E-state index contributed by atoms with van der Waals surface area (Å²) in [6, 6.07) is 8.28. The minimum atomic E-state index is -0.301. The number of rotatable bonds is 4. The molecule has 0 atom stereocenters. The van der Waals surface area contributed by atoms with Crippen LogP contribution in [0.4, 0.5) is 4.39 Å². The van der Waals surface area contributed by atoms with Gasteiger partial charge in [-0.05, 0) is 30.7 Å². The molecule has 0 bridgehead atoms. The van der Waals surface area contributed by atoms with Gasteiger partial charge in [0.1, 0.15) is 11.6 Å².